The molecule has 0 bridgehead atoms. The first kappa shape index (κ1) is 15.4. The summed E-state index contributed by atoms with van der Waals surface area (Å²) in [5, 5.41) is 3.90. The summed E-state index contributed by atoms with van der Waals surface area (Å²) in [6, 6.07) is 5.72. The van der Waals surface area contributed by atoms with E-state index < -0.39 is 0 Å². The van der Waals surface area contributed by atoms with Crippen LogP contribution < -0.4 is 14.8 Å². The van der Waals surface area contributed by atoms with Crippen LogP contribution in [0.3, 0.4) is 0 Å². The molecule has 1 fully saturated rings. The summed E-state index contributed by atoms with van der Waals surface area (Å²) in [7, 11) is 0. The maximum atomic E-state index is 12.4. The van der Waals surface area contributed by atoms with Crippen molar-refractivity contribution in [2.24, 2.45) is 5.41 Å². The highest BCUT2D eigenvalue weighted by Gasteiger charge is 2.35. The molecule has 1 saturated carbocycles. The predicted molar refractivity (Wildman–Crippen MR) is 92.6 cm³/mol. The standard InChI is InChI=1S/C18H20N2O3S/c1-2-18(6-3-7-18)10-20-16(21)15-9-19-17(24-15)12-4-5-13-14(8-12)23-11-22-13/h4-5,8-9H,2-3,6-7,10-11H2,1H3,(H,20,21). The van der Waals surface area contributed by atoms with Crippen molar-refractivity contribution in [1.82, 2.24) is 10.3 Å². The van der Waals surface area contributed by atoms with Crippen molar-refractivity contribution in [1.29, 1.82) is 0 Å². The number of nitrogens with one attached hydrogen (secondary N) is 1. The fourth-order valence-electron chi connectivity index (χ4n) is 3.23. The van der Waals surface area contributed by atoms with E-state index in [2.05, 4.69) is 17.2 Å². The lowest BCUT2D eigenvalue weighted by atomic mass is 9.67. The molecule has 0 atom stereocenters. The largest absolute Gasteiger partial charge is 0.454 e. The van der Waals surface area contributed by atoms with Gasteiger partial charge in [0.25, 0.3) is 5.91 Å². The first-order valence-electron chi connectivity index (χ1n) is 8.33. The predicted octanol–water partition coefficient (Wildman–Crippen LogP) is 3.85. The van der Waals surface area contributed by atoms with Crippen molar-refractivity contribution in [2.45, 2.75) is 32.6 Å². The number of rotatable bonds is 5. The lowest BCUT2D eigenvalue weighted by Gasteiger charge is -2.41. The van der Waals surface area contributed by atoms with E-state index in [0.717, 1.165) is 35.0 Å². The summed E-state index contributed by atoms with van der Waals surface area (Å²) >= 11 is 1.40. The molecule has 2 heterocycles. The van der Waals surface area contributed by atoms with Gasteiger partial charge in [-0.25, -0.2) is 4.98 Å². The third-order valence-electron chi connectivity index (χ3n) is 5.14. The van der Waals surface area contributed by atoms with Gasteiger partial charge in [0.2, 0.25) is 6.79 Å². The average molecular weight is 344 g/mol. The van der Waals surface area contributed by atoms with Crippen LogP contribution in [0.4, 0.5) is 0 Å². The molecule has 1 N–H and O–H groups in total. The smallest absolute Gasteiger partial charge is 0.263 e. The molecule has 1 aromatic carbocycles. The van der Waals surface area contributed by atoms with Gasteiger partial charge in [0.05, 0.1) is 6.20 Å². The van der Waals surface area contributed by atoms with Crippen molar-refractivity contribution in [3.8, 4) is 22.1 Å². The van der Waals surface area contributed by atoms with Gasteiger partial charge in [-0.3, -0.25) is 4.79 Å². The zero-order valence-corrected chi connectivity index (χ0v) is 14.4. The van der Waals surface area contributed by atoms with Gasteiger partial charge < -0.3 is 14.8 Å². The van der Waals surface area contributed by atoms with E-state index >= 15 is 0 Å². The molecule has 24 heavy (non-hydrogen) atoms. The van der Waals surface area contributed by atoms with Crippen molar-refractivity contribution >= 4 is 17.2 Å². The third-order valence-corrected chi connectivity index (χ3v) is 6.18. The summed E-state index contributed by atoms with van der Waals surface area (Å²) in [6.45, 7) is 3.22. The first-order chi connectivity index (χ1) is 11.7. The molecule has 4 rings (SSSR count). The fraction of sp³-hybridized carbons (Fsp3) is 0.444. The van der Waals surface area contributed by atoms with Crippen LogP contribution in [-0.2, 0) is 0 Å². The van der Waals surface area contributed by atoms with E-state index in [0.29, 0.717) is 10.3 Å². The molecule has 2 aromatic rings. The molecule has 0 unspecified atom stereocenters. The molecule has 1 amide bonds. The Bertz CT molecular complexity index is 762. The van der Waals surface area contributed by atoms with Crippen molar-refractivity contribution < 1.29 is 14.3 Å². The molecular weight excluding hydrogens is 324 g/mol. The minimum Gasteiger partial charge on any atom is -0.454 e. The highest BCUT2D eigenvalue weighted by molar-refractivity contribution is 7.16. The second-order valence-electron chi connectivity index (χ2n) is 6.49. The van der Waals surface area contributed by atoms with Gasteiger partial charge in [0, 0.05) is 12.1 Å². The number of aromatic nitrogens is 1. The van der Waals surface area contributed by atoms with Crippen LogP contribution in [0.1, 0.15) is 42.3 Å². The zero-order chi connectivity index (χ0) is 16.6. The van der Waals surface area contributed by atoms with Crippen molar-refractivity contribution in [3.05, 3.63) is 29.3 Å². The lowest BCUT2D eigenvalue weighted by molar-refractivity contribution is 0.0853. The molecule has 1 aliphatic heterocycles. The van der Waals surface area contributed by atoms with Gasteiger partial charge in [-0.2, -0.15) is 0 Å². The van der Waals surface area contributed by atoms with Gasteiger partial charge in [0.1, 0.15) is 9.88 Å². The zero-order valence-electron chi connectivity index (χ0n) is 13.6. The number of hydrogen-bond acceptors (Lipinski definition) is 5. The topological polar surface area (TPSA) is 60.5 Å². The number of hydrogen-bond donors (Lipinski definition) is 1. The van der Waals surface area contributed by atoms with Gasteiger partial charge in [0.15, 0.2) is 11.5 Å². The van der Waals surface area contributed by atoms with Crippen LogP contribution in [0, 0.1) is 5.41 Å². The monoisotopic (exact) mass is 344 g/mol. The molecular formula is C18H20N2O3S. The molecule has 1 aliphatic carbocycles. The number of benzene rings is 1. The Hall–Kier alpha value is -2.08. The number of nitrogens with zero attached hydrogens (tertiary/aromatic N) is 1. The van der Waals surface area contributed by atoms with Crippen LogP contribution >= 0.6 is 11.3 Å². The molecule has 0 radical (unpaired) electrons. The van der Waals surface area contributed by atoms with Crippen LogP contribution in [0.15, 0.2) is 24.4 Å². The maximum Gasteiger partial charge on any atom is 0.263 e. The second-order valence-corrected chi connectivity index (χ2v) is 7.52. The number of carbonyl (C=O) groups is 1. The number of amides is 1. The van der Waals surface area contributed by atoms with Crippen LogP contribution in [0.5, 0.6) is 11.5 Å². The second kappa shape index (κ2) is 6.09. The Morgan fingerprint density at radius 3 is 2.92 bits per heavy atom. The van der Waals surface area contributed by atoms with E-state index in [-0.39, 0.29) is 12.7 Å². The minimum absolute atomic E-state index is 0.0285. The third kappa shape index (κ3) is 2.75. The summed E-state index contributed by atoms with van der Waals surface area (Å²) in [4.78, 5) is 17.4. The molecule has 0 saturated heterocycles. The average Bonchev–Trinajstić information content (AvgIpc) is 3.22. The molecule has 0 spiro atoms. The fourth-order valence-corrected chi connectivity index (χ4v) is 4.06. The number of fused-ring (bicyclic) bond motifs is 1. The quantitative estimate of drug-likeness (QED) is 0.895. The molecule has 126 valence electrons. The summed E-state index contributed by atoms with van der Waals surface area (Å²) in [5.41, 5.74) is 1.26. The van der Waals surface area contributed by atoms with Crippen LogP contribution in [-0.4, -0.2) is 24.2 Å². The summed E-state index contributed by atoms with van der Waals surface area (Å²) in [6.07, 6.45) is 6.49. The van der Waals surface area contributed by atoms with Crippen LogP contribution in [0.2, 0.25) is 0 Å². The lowest BCUT2D eigenvalue weighted by Crippen LogP contribution is -2.41. The van der Waals surface area contributed by atoms with Crippen molar-refractivity contribution in [3.63, 3.8) is 0 Å². The molecule has 2 aliphatic rings. The van der Waals surface area contributed by atoms with E-state index in [9.17, 15) is 4.79 Å². The Balaban J connectivity index is 1.45. The number of ether oxygens (including phenoxy) is 2. The highest BCUT2D eigenvalue weighted by atomic mass is 32.1. The van der Waals surface area contributed by atoms with Gasteiger partial charge in [-0.05, 0) is 42.9 Å². The Morgan fingerprint density at radius 2 is 2.17 bits per heavy atom. The summed E-state index contributed by atoms with van der Waals surface area (Å²) in [5.74, 6) is 1.45. The molecule has 6 heteroatoms. The SMILES string of the molecule is CCC1(CNC(=O)c2cnc(-c3ccc4c(c3)OCO4)s2)CCC1. The van der Waals surface area contributed by atoms with E-state index in [1.807, 2.05) is 18.2 Å². The Kier molecular flexibility index (Phi) is 3.92. The van der Waals surface area contributed by atoms with Crippen LogP contribution in [0.25, 0.3) is 10.6 Å². The van der Waals surface area contributed by atoms with Gasteiger partial charge >= 0.3 is 0 Å². The molecule has 5 nitrogen and oxygen atoms in total. The normalized spacial score (nSPS) is 17.4. The van der Waals surface area contributed by atoms with Gasteiger partial charge in [-0.1, -0.05) is 13.3 Å². The highest BCUT2D eigenvalue weighted by Crippen LogP contribution is 2.43. The Morgan fingerprint density at radius 1 is 1.33 bits per heavy atom. The summed E-state index contributed by atoms with van der Waals surface area (Å²) < 4.78 is 10.7. The minimum atomic E-state index is -0.0285. The van der Waals surface area contributed by atoms with Gasteiger partial charge in [-0.15, -0.1) is 11.3 Å². The van der Waals surface area contributed by atoms with E-state index in [1.54, 1.807) is 6.20 Å². The molecule has 1 aromatic heterocycles. The maximum absolute atomic E-state index is 12.4. The number of thiazole rings is 1. The Labute approximate surface area is 145 Å². The van der Waals surface area contributed by atoms with E-state index in [4.69, 9.17) is 9.47 Å². The van der Waals surface area contributed by atoms with E-state index in [1.165, 1.54) is 30.6 Å². The number of carbonyl (C=O) groups excluding carboxylic acids is 1. The van der Waals surface area contributed by atoms with Crippen molar-refractivity contribution in [2.75, 3.05) is 13.3 Å². The first-order valence-corrected chi connectivity index (χ1v) is 9.15.